The zero-order chi connectivity index (χ0) is 23.3. The maximum absolute atomic E-state index is 12.0. The first-order chi connectivity index (χ1) is 15.3. The van der Waals surface area contributed by atoms with Crippen LogP contribution in [0.4, 0.5) is 4.79 Å². The summed E-state index contributed by atoms with van der Waals surface area (Å²) >= 11 is 0. The second-order valence-corrected chi connectivity index (χ2v) is 6.73. The first kappa shape index (κ1) is 24.1. The zero-order valence-electron chi connectivity index (χ0n) is 17.5. The van der Waals surface area contributed by atoms with E-state index in [9.17, 15) is 19.2 Å². The minimum absolute atomic E-state index is 0.111. The number of nitrogens with one attached hydrogen (secondary N) is 2. The molecule has 2 aromatic carbocycles. The molecule has 0 saturated heterocycles. The Labute approximate surface area is 185 Å². The summed E-state index contributed by atoms with van der Waals surface area (Å²) in [6.45, 7) is 1.08. The molecule has 168 valence electrons. The second-order valence-electron chi connectivity index (χ2n) is 6.73. The summed E-state index contributed by atoms with van der Waals surface area (Å²) < 4.78 is 10.2. The van der Waals surface area contributed by atoms with E-state index < -0.39 is 30.1 Å². The third kappa shape index (κ3) is 8.70. The van der Waals surface area contributed by atoms with E-state index in [0.717, 1.165) is 17.7 Å². The number of primary amides is 1. The van der Waals surface area contributed by atoms with Crippen LogP contribution in [0.1, 0.15) is 30.1 Å². The van der Waals surface area contributed by atoms with Crippen molar-refractivity contribution in [1.82, 2.24) is 10.6 Å². The molecule has 0 bridgehead atoms. The number of hydrogen-bond donors (Lipinski definition) is 3. The summed E-state index contributed by atoms with van der Waals surface area (Å²) in [5.74, 6) is -1.84. The maximum Gasteiger partial charge on any atom is 0.331 e. The summed E-state index contributed by atoms with van der Waals surface area (Å²) in [6, 6.07) is 16.0. The van der Waals surface area contributed by atoms with Crippen molar-refractivity contribution in [2.45, 2.75) is 19.0 Å². The zero-order valence-corrected chi connectivity index (χ0v) is 17.5. The summed E-state index contributed by atoms with van der Waals surface area (Å²) in [5, 5.41) is 5.20. The van der Waals surface area contributed by atoms with E-state index in [1.807, 2.05) is 6.07 Å². The molecular weight excluding hydrogens is 414 g/mol. The van der Waals surface area contributed by atoms with Gasteiger partial charge >= 0.3 is 18.0 Å². The van der Waals surface area contributed by atoms with Gasteiger partial charge < -0.3 is 25.8 Å². The van der Waals surface area contributed by atoms with Crippen LogP contribution in [0.5, 0.6) is 0 Å². The van der Waals surface area contributed by atoms with Gasteiger partial charge in [0.2, 0.25) is 5.91 Å². The summed E-state index contributed by atoms with van der Waals surface area (Å²) in [6.07, 6.45) is 1.85. The molecule has 0 aliphatic carbocycles. The van der Waals surface area contributed by atoms with Gasteiger partial charge in [-0.3, -0.25) is 4.79 Å². The van der Waals surface area contributed by atoms with Crippen molar-refractivity contribution >= 4 is 23.9 Å². The van der Waals surface area contributed by atoms with Crippen LogP contribution >= 0.6 is 0 Å². The molecule has 2 rings (SSSR count). The first-order valence-electron chi connectivity index (χ1n) is 9.79. The summed E-state index contributed by atoms with van der Waals surface area (Å²) in [4.78, 5) is 46.6. The predicted octanol–water partition coefficient (Wildman–Crippen LogP) is 1.92. The molecule has 0 spiro atoms. The van der Waals surface area contributed by atoms with E-state index in [0.29, 0.717) is 5.56 Å². The quantitative estimate of drug-likeness (QED) is 0.382. The average molecular weight is 439 g/mol. The number of amides is 3. The van der Waals surface area contributed by atoms with Gasteiger partial charge in [-0.1, -0.05) is 60.7 Å². The molecule has 0 aliphatic rings. The highest BCUT2D eigenvalue weighted by Gasteiger charge is 2.16. The van der Waals surface area contributed by atoms with Crippen molar-refractivity contribution in [2.24, 2.45) is 5.73 Å². The Morgan fingerprint density at radius 1 is 0.781 bits per heavy atom. The Balaban J connectivity index is 1.87. The fourth-order valence-electron chi connectivity index (χ4n) is 2.79. The topological polar surface area (TPSA) is 137 Å². The number of carbonyl (C=O) groups excluding carboxylic acids is 4. The van der Waals surface area contributed by atoms with E-state index in [2.05, 4.69) is 10.6 Å². The number of ether oxygens (including phenoxy) is 2. The Morgan fingerprint density at radius 3 is 1.56 bits per heavy atom. The third-order valence-electron chi connectivity index (χ3n) is 4.24. The van der Waals surface area contributed by atoms with Crippen LogP contribution < -0.4 is 16.4 Å². The lowest BCUT2D eigenvalue weighted by molar-refractivity contribution is -0.141. The molecule has 32 heavy (non-hydrogen) atoms. The number of esters is 2. The maximum atomic E-state index is 12.0. The van der Waals surface area contributed by atoms with Crippen molar-refractivity contribution in [3.63, 3.8) is 0 Å². The SMILES string of the molecule is CC(=O)N[C@@H](COC(=O)/C=C/C(=O)OC[C@H](NC(N)=O)c1ccccc1)c1ccccc1. The predicted molar refractivity (Wildman–Crippen MR) is 116 cm³/mol. The summed E-state index contributed by atoms with van der Waals surface area (Å²) in [7, 11) is 0. The van der Waals surface area contributed by atoms with E-state index in [1.165, 1.54) is 6.92 Å². The molecule has 9 heteroatoms. The van der Waals surface area contributed by atoms with E-state index in [4.69, 9.17) is 15.2 Å². The minimum atomic E-state index is -0.796. The third-order valence-corrected chi connectivity index (χ3v) is 4.24. The minimum Gasteiger partial charge on any atom is -0.460 e. The monoisotopic (exact) mass is 439 g/mol. The largest absolute Gasteiger partial charge is 0.460 e. The van der Waals surface area contributed by atoms with Gasteiger partial charge in [0.1, 0.15) is 13.2 Å². The van der Waals surface area contributed by atoms with Gasteiger partial charge in [-0.15, -0.1) is 0 Å². The lowest BCUT2D eigenvalue weighted by Gasteiger charge is -2.18. The summed E-state index contributed by atoms with van der Waals surface area (Å²) in [5.41, 5.74) is 6.65. The lowest BCUT2D eigenvalue weighted by atomic mass is 10.1. The van der Waals surface area contributed by atoms with Crippen LogP contribution in [0.25, 0.3) is 0 Å². The molecule has 0 radical (unpaired) electrons. The number of urea groups is 1. The van der Waals surface area contributed by atoms with Crippen LogP contribution in [0.15, 0.2) is 72.8 Å². The van der Waals surface area contributed by atoms with Crippen LogP contribution in [0.2, 0.25) is 0 Å². The highest BCUT2D eigenvalue weighted by Crippen LogP contribution is 2.14. The van der Waals surface area contributed by atoms with Crippen LogP contribution in [-0.4, -0.2) is 37.1 Å². The molecule has 3 amide bonds. The highest BCUT2D eigenvalue weighted by atomic mass is 16.5. The highest BCUT2D eigenvalue weighted by molar-refractivity contribution is 5.91. The smallest absolute Gasteiger partial charge is 0.331 e. The van der Waals surface area contributed by atoms with Crippen molar-refractivity contribution < 1.29 is 28.7 Å². The van der Waals surface area contributed by atoms with E-state index >= 15 is 0 Å². The van der Waals surface area contributed by atoms with Gasteiger partial charge in [0.25, 0.3) is 0 Å². The Bertz CT molecular complexity index is 869. The standard InChI is InChI=1S/C23H25N3O6/c1-16(27)25-19(17-8-4-2-5-9-17)14-31-21(28)12-13-22(29)32-15-20(26-23(24)30)18-10-6-3-7-11-18/h2-13,19-20H,14-15H2,1H3,(H,25,27)(H3,24,26,30)/b13-12+/t19-,20-/m0/s1. The Hall–Kier alpha value is -4.14. The fourth-order valence-corrected chi connectivity index (χ4v) is 2.79. The van der Waals surface area contributed by atoms with E-state index in [1.54, 1.807) is 54.6 Å². The van der Waals surface area contributed by atoms with Gasteiger partial charge in [0.15, 0.2) is 0 Å². The van der Waals surface area contributed by atoms with Gasteiger partial charge in [0, 0.05) is 19.1 Å². The molecule has 4 N–H and O–H groups in total. The molecular formula is C23H25N3O6. The number of nitrogens with two attached hydrogens (primary N) is 1. The Kier molecular flexibility index (Phi) is 9.45. The number of hydrogen-bond acceptors (Lipinski definition) is 6. The van der Waals surface area contributed by atoms with Crippen LogP contribution in [0.3, 0.4) is 0 Å². The molecule has 0 saturated carbocycles. The second kappa shape index (κ2) is 12.5. The van der Waals surface area contributed by atoms with Crippen molar-refractivity contribution in [3.05, 3.63) is 83.9 Å². The fraction of sp³-hybridized carbons (Fsp3) is 0.217. The van der Waals surface area contributed by atoms with Gasteiger partial charge in [0.05, 0.1) is 12.1 Å². The number of carbonyl (C=O) groups is 4. The van der Waals surface area contributed by atoms with Gasteiger partial charge in [-0.05, 0) is 11.1 Å². The molecule has 0 aromatic heterocycles. The molecule has 0 unspecified atom stereocenters. The normalized spacial score (nSPS) is 12.4. The molecule has 0 heterocycles. The van der Waals surface area contributed by atoms with Gasteiger partial charge in [-0.25, -0.2) is 14.4 Å². The first-order valence-corrected chi connectivity index (χ1v) is 9.79. The molecule has 0 fully saturated rings. The van der Waals surface area contributed by atoms with Gasteiger partial charge in [-0.2, -0.15) is 0 Å². The number of benzene rings is 2. The molecule has 2 atom stereocenters. The molecule has 0 aliphatic heterocycles. The van der Waals surface area contributed by atoms with Crippen molar-refractivity contribution in [2.75, 3.05) is 13.2 Å². The van der Waals surface area contributed by atoms with E-state index in [-0.39, 0.29) is 19.1 Å². The average Bonchev–Trinajstić information content (AvgIpc) is 2.78. The van der Waals surface area contributed by atoms with Crippen LogP contribution in [0, 0.1) is 0 Å². The Morgan fingerprint density at radius 2 is 1.19 bits per heavy atom. The van der Waals surface area contributed by atoms with Crippen molar-refractivity contribution in [1.29, 1.82) is 0 Å². The molecule has 2 aromatic rings. The lowest BCUT2D eigenvalue weighted by Crippen LogP contribution is -2.35. The van der Waals surface area contributed by atoms with Crippen LogP contribution in [-0.2, 0) is 23.9 Å². The molecule has 9 nitrogen and oxygen atoms in total. The number of rotatable bonds is 10. The van der Waals surface area contributed by atoms with Crippen molar-refractivity contribution in [3.8, 4) is 0 Å².